The predicted molar refractivity (Wildman–Crippen MR) is 76.1 cm³/mol. The molecule has 0 aliphatic carbocycles. The quantitative estimate of drug-likeness (QED) is 0.759. The van der Waals surface area contributed by atoms with E-state index in [1.165, 1.54) is 6.07 Å². The van der Waals surface area contributed by atoms with Crippen molar-refractivity contribution in [3.8, 4) is 0 Å². The van der Waals surface area contributed by atoms with Crippen LogP contribution in [0.15, 0.2) is 29.2 Å². The van der Waals surface area contributed by atoms with E-state index in [4.69, 9.17) is 5.11 Å². The van der Waals surface area contributed by atoms with Crippen molar-refractivity contribution in [2.75, 3.05) is 25.5 Å². The first-order chi connectivity index (χ1) is 9.43. The lowest BCUT2D eigenvalue weighted by atomic mass is 10.3. The molecule has 1 rings (SSSR count). The van der Waals surface area contributed by atoms with Crippen LogP contribution >= 0.6 is 11.8 Å². The second-order valence-electron chi connectivity index (χ2n) is 4.37. The van der Waals surface area contributed by atoms with Crippen LogP contribution in [0.5, 0.6) is 0 Å². The number of aliphatic hydroxyl groups excluding tert-OH is 1. The van der Waals surface area contributed by atoms with Crippen molar-refractivity contribution < 1.29 is 18.7 Å². The Kier molecular flexibility index (Phi) is 6.90. The van der Waals surface area contributed by atoms with Gasteiger partial charge in [-0.1, -0.05) is 23.9 Å². The van der Waals surface area contributed by atoms with E-state index < -0.39 is 5.76 Å². The highest BCUT2D eigenvalue weighted by Gasteiger charge is 2.15. The van der Waals surface area contributed by atoms with Gasteiger partial charge in [0.2, 0.25) is 5.91 Å². The van der Waals surface area contributed by atoms with Gasteiger partial charge >= 0.3 is 0 Å². The molecule has 0 aromatic heterocycles. The van der Waals surface area contributed by atoms with E-state index in [-0.39, 0.29) is 25.1 Å². The largest absolute Gasteiger partial charge is 0.395 e. The summed E-state index contributed by atoms with van der Waals surface area (Å²) >= 11 is 0.395. The van der Waals surface area contributed by atoms with E-state index in [2.05, 4.69) is 5.32 Å². The molecule has 1 aromatic carbocycles. The van der Waals surface area contributed by atoms with Gasteiger partial charge in [0.25, 0.3) is 5.76 Å². The molecule has 1 aromatic rings. The molecule has 2 N–H and O–H groups in total. The number of likely N-dealkylation sites (N-methyl/N-ethyl adjacent to an activating group) is 1. The molecular weight excluding hydrogens is 286 g/mol. The third kappa shape index (κ3) is 5.44. The van der Waals surface area contributed by atoms with E-state index in [0.29, 0.717) is 22.3 Å². The highest BCUT2D eigenvalue weighted by molar-refractivity contribution is 7.99. The number of hydrogen-bond donors (Lipinski definition) is 2. The van der Waals surface area contributed by atoms with Crippen LogP contribution in [-0.2, 0) is 4.79 Å². The van der Waals surface area contributed by atoms with Gasteiger partial charge in [0.1, 0.15) is 0 Å². The minimum Gasteiger partial charge on any atom is -0.395 e. The predicted octanol–water partition coefficient (Wildman–Crippen LogP) is 2.25. The second-order valence-corrected chi connectivity index (χ2v) is 5.40. The lowest BCUT2D eigenvalue weighted by Crippen LogP contribution is -2.38. The Hall–Kier alpha value is -1.18. The number of benzene rings is 1. The molecule has 0 spiro atoms. The molecule has 4 nitrogen and oxygen atoms in total. The molecule has 1 unspecified atom stereocenters. The molecule has 0 heterocycles. The Balaban J connectivity index is 2.66. The van der Waals surface area contributed by atoms with Gasteiger partial charge < -0.3 is 10.4 Å². The number of nitrogens with zero attached hydrogens (tertiary/aromatic N) is 1. The summed E-state index contributed by atoms with van der Waals surface area (Å²) in [5, 5.41) is 11.6. The van der Waals surface area contributed by atoms with Crippen LogP contribution in [0.4, 0.5) is 14.5 Å². The van der Waals surface area contributed by atoms with Gasteiger partial charge in [-0.2, -0.15) is 8.78 Å². The molecule has 0 aliphatic heterocycles. The van der Waals surface area contributed by atoms with Gasteiger partial charge in [-0.05, 0) is 26.1 Å². The number of thioether (sulfide) groups is 1. The van der Waals surface area contributed by atoms with Crippen molar-refractivity contribution in [3.63, 3.8) is 0 Å². The van der Waals surface area contributed by atoms with Crippen molar-refractivity contribution in [3.05, 3.63) is 24.3 Å². The molecule has 0 radical (unpaired) electrons. The summed E-state index contributed by atoms with van der Waals surface area (Å²) in [6, 6.07) is 6.28. The number of carbonyl (C=O) groups excluding carboxylic acids is 1. The molecule has 1 amide bonds. The number of aliphatic hydroxyl groups is 1. The minimum atomic E-state index is -2.54. The number of carbonyl (C=O) groups is 1. The van der Waals surface area contributed by atoms with Gasteiger partial charge in [0.05, 0.1) is 18.8 Å². The van der Waals surface area contributed by atoms with Crippen molar-refractivity contribution in [2.24, 2.45) is 0 Å². The Bertz CT molecular complexity index is 446. The van der Waals surface area contributed by atoms with Crippen LogP contribution in [0, 0.1) is 0 Å². The maximum Gasteiger partial charge on any atom is 0.288 e. The van der Waals surface area contributed by atoms with Gasteiger partial charge in [0.15, 0.2) is 0 Å². The SMILES string of the molecule is CC(CO)N(C)CC(=O)Nc1ccccc1SC(F)F. The third-order valence-corrected chi connectivity index (χ3v) is 3.57. The van der Waals surface area contributed by atoms with E-state index in [1.807, 2.05) is 0 Å². The van der Waals surface area contributed by atoms with Crippen LogP contribution < -0.4 is 5.32 Å². The summed E-state index contributed by atoms with van der Waals surface area (Å²) in [6.07, 6.45) is 0. The van der Waals surface area contributed by atoms with Crippen molar-refractivity contribution in [1.82, 2.24) is 4.90 Å². The van der Waals surface area contributed by atoms with Crippen molar-refractivity contribution >= 4 is 23.4 Å². The standard InChI is InChI=1S/C13H18F2N2O2S/c1-9(8-18)17(2)7-12(19)16-10-5-3-4-6-11(10)20-13(14)15/h3-6,9,13,18H,7-8H2,1-2H3,(H,16,19). The highest BCUT2D eigenvalue weighted by atomic mass is 32.2. The minimum absolute atomic E-state index is 0.0540. The smallest absolute Gasteiger partial charge is 0.288 e. The summed E-state index contributed by atoms with van der Waals surface area (Å²) in [7, 11) is 1.71. The Morgan fingerprint density at radius 1 is 1.45 bits per heavy atom. The average Bonchev–Trinajstić information content (AvgIpc) is 2.39. The van der Waals surface area contributed by atoms with Crippen LogP contribution in [0.3, 0.4) is 0 Å². The molecule has 20 heavy (non-hydrogen) atoms. The van der Waals surface area contributed by atoms with Crippen molar-refractivity contribution in [1.29, 1.82) is 0 Å². The third-order valence-electron chi connectivity index (χ3n) is 2.79. The maximum atomic E-state index is 12.4. The van der Waals surface area contributed by atoms with E-state index in [1.54, 1.807) is 37.1 Å². The topological polar surface area (TPSA) is 52.6 Å². The highest BCUT2D eigenvalue weighted by Crippen LogP contribution is 2.31. The number of nitrogens with one attached hydrogen (secondary N) is 1. The molecule has 112 valence electrons. The fraction of sp³-hybridized carbons (Fsp3) is 0.462. The lowest BCUT2D eigenvalue weighted by molar-refractivity contribution is -0.117. The fourth-order valence-corrected chi connectivity index (χ4v) is 2.08. The van der Waals surface area contributed by atoms with Gasteiger partial charge in [-0.15, -0.1) is 0 Å². The summed E-state index contributed by atoms with van der Waals surface area (Å²) < 4.78 is 24.8. The van der Waals surface area contributed by atoms with Gasteiger partial charge in [-0.25, -0.2) is 0 Å². The monoisotopic (exact) mass is 304 g/mol. The maximum absolute atomic E-state index is 12.4. The van der Waals surface area contributed by atoms with E-state index in [9.17, 15) is 13.6 Å². The zero-order valence-electron chi connectivity index (χ0n) is 11.3. The first-order valence-electron chi connectivity index (χ1n) is 6.08. The Labute approximate surface area is 121 Å². The van der Waals surface area contributed by atoms with E-state index in [0.717, 1.165) is 0 Å². The summed E-state index contributed by atoms with van der Waals surface area (Å²) in [6.45, 7) is 1.81. The summed E-state index contributed by atoms with van der Waals surface area (Å²) in [4.78, 5) is 13.9. The van der Waals surface area contributed by atoms with Gasteiger partial charge in [0, 0.05) is 10.9 Å². The van der Waals surface area contributed by atoms with Crippen LogP contribution in [0.25, 0.3) is 0 Å². The number of halogens is 2. The molecule has 0 aliphatic rings. The summed E-state index contributed by atoms with van der Waals surface area (Å²) in [5.74, 6) is -2.85. The number of amides is 1. The molecule has 0 fully saturated rings. The molecular formula is C13H18F2N2O2S. The molecule has 7 heteroatoms. The van der Waals surface area contributed by atoms with Crippen LogP contribution in [0.1, 0.15) is 6.92 Å². The van der Waals surface area contributed by atoms with E-state index >= 15 is 0 Å². The zero-order valence-corrected chi connectivity index (χ0v) is 12.2. The normalized spacial score (nSPS) is 12.8. The lowest BCUT2D eigenvalue weighted by Gasteiger charge is -2.22. The Morgan fingerprint density at radius 2 is 2.10 bits per heavy atom. The van der Waals surface area contributed by atoms with Crippen LogP contribution in [0.2, 0.25) is 0 Å². The molecule has 0 saturated carbocycles. The first-order valence-corrected chi connectivity index (χ1v) is 6.96. The zero-order chi connectivity index (χ0) is 15.1. The molecule has 0 saturated heterocycles. The number of para-hydroxylation sites is 1. The number of hydrogen-bond acceptors (Lipinski definition) is 4. The van der Waals surface area contributed by atoms with Gasteiger partial charge in [-0.3, -0.25) is 9.69 Å². The number of anilines is 1. The summed E-state index contributed by atoms with van der Waals surface area (Å²) in [5.41, 5.74) is 0.368. The fourth-order valence-electron chi connectivity index (χ4n) is 1.48. The average molecular weight is 304 g/mol. The number of alkyl halides is 2. The van der Waals surface area contributed by atoms with Crippen LogP contribution in [-0.4, -0.2) is 47.9 Å². The molecule has 0 bridgehead atoms. The Morgan fingerprint density at radius 3 is 2.70 bits per heavy atom. The van der Waals surface area contributed by atoms with Crippen molar-refractivity contribution in [2.45, 2.75) is 23.6 Å². The first kappa shape index (κ1) is 16.9. The number of rotatable bonds is 7. The second kappa shape index (κ2) is 8.18. The molecule has 1 atom stereocenters.